The molecule has 2 heterocycles. The lowest BCUT2D eigenvalue weighted by atomic mass is 10.2. The van der Waals surface area contributed by atoms with Crippen molar-refractivity contribution in [1.82, 2.24) is 20.1 Å². The zero-order chi connectivity index (χ0) is 21.0. The van der Waals surface area contributed by atoms with Crippen molar-refractivity contribution in [1.29, 1.82) is 0 Å². The summed E-state index contributed by atoms with van der Waals surface area (Å²) < 4.78 is 12.7. The summed E-state index contributed by atoms with van der Waals surface area (Å²) in [5.74, 6) is 1.33. The fourth-order valence-electron chi connectivity index (χ4n) is 3.06. The molecule has 0 atom stereocenters. The number of ether oxygens (including phenoxy) is 1. The lowest BCUT2D eigenvalue weighted by Gasteiger charge is -2.09. The summed E-state index contributed by atoms with van der Waals surface area (Å²) in [7, 11) is 1.66. The quantitative estimate of drug-likeness (QED) is 0.633. The fourth-order valence-corrected chi connectivity index (χ4v) is 3.06. The number of aryl methyl sites for hydroxylation is 3. The van der Waals surface area contributed by atoms with Crippen LogP contribution in [0.3, 0.4) is 0 Å². The van der Waals surface area contributed by atoms with E-state index in [2.05, 4.69) is 20.7 Å². The molecule has 0 unspecified atom stereocenters. The van der Waals surface area contributed by atoms with Crippen molar-refractivity contribution < 1.29 is 13.9 Å². The molecule has 154 valence electrons. The normalized spacial score (nSPS) is 10.9. The van der Waals surface area contributed by atoms with Crippen molar-refractivity contribution in [2.75, 3.05) is 19.0 Å². The summed E-state index contributed by atoms with van der Waals surface area (Å²) in [5, 5.41) is 10.3. The second kappa shape index (κ2) is 8.91. The maximum Gasteiger partial charge on any atom is 0.319 e. The van der Waals surface area contributed by atoms with E-state index in [1.807, 2.05) is 56.6 Å². The van der Waals surface area contributed by atoms with Crippen LogP contribution in [0.1, 0.15) is 28.4 Å². The Hall–Kier alpha value is -3.13. The molecule has 2 N–H and O–H groups in total. The molecule has 0 bridgehead atoms. The number of aromatic nitrogens is 3. The number of nitrogens with one attached hydrogen (secondary N) is 2. The predicted octanol–water partition coefficient (Wildman–Crippen LogP) is 3.74. The summed E-state index contributed by atoms with van der Waals surface area (Å²) in [4.78, 5) is 16.8. The summed E-state index contributed by atoms with van der Waals surface area (Å²) in [6.07, 6.45) is 0. The highest BCUT2D eigenvalue weighted by Gasteiger charge is 2.13. The van der Waals surface area contributed by atoms with Crippen molar-refractivity contribution in [3.8, 4) is 11.5 Å². The van der Waals surface area contributed by atoms with Crippen LogP contribution in [0.4, 0.5) is 10.5 Å². The zero-order valence-electron chi connectivity index (χ0n) is 17.5. The number of hydrogen-bond donors (Lipinski definition) is 2. The number of carbonyl (C=O) groups excluding carboxylic acids is 1. The number of urea groups is 1. The SMILES string of the molecule is COCCn1nc(C)c(CNC(=O)Nc2cccc(-c3nc(C)c(C)o3)c2)c1C. The predicted molar refractivity (Wildman–Crippen MR) is 111 cm³/mol. The molecule has 0 fully saturated rings. The van der Waals surface area contributed by atoms with Crippen molar-refractivity contribution in [2.45, 2.75) is 40.8 Å². The van der Waals surface area contributed by atoms with Crippen LogP contribution < -0.4 is 10.6 Å². The molecule has 0 spiro atoms. The van der Waals surface area contributed by atoms with Crippen LogP contribution in [-0.4, -0.2) is 34.5 Å². The van der Waals surface area contributed by atoms with Crippen molar-refractivity contribution in [3.63, 3.8) is 0 Å². The molecule has 0 radical (unpaired) electrons. The van der Waals surface area contributed by atoms with Crippen LogP contribution in [0.2, 0.25) is 0 Å². The Morgan fingerprint density at radius 2 is 2.00 bits per heavy atom. The van der Waals surface area contributed by atoms with Gasteiger partial charge >= 0.3 is 6.03 Å². The number of oxazole rings is 1. The third kappa shape index (κ3) is 4.83. The van der Waals surface area contributed by atoms with E-state index in [0.29, 0.717) is 31.3 Å². The number of anilines is 1. The lowest BCUT2D eigenvalue weighted by Crippen LogP contribution is -2.28. The molecule has 29 heavy (non-hydrogen) atoms. The Kier molecular flexibility index (Phi) is 6.33. The van der Waals surface area contributed by atoms with Gasteiger partial charge in [-0.05, 0) is 45.9 Å². The smallest absolute Gasteiger partial charge is 0.319 e. The molecule has 0 saturated heterocycles. The molecule has 2 aromatic heterocycles. The molecule has 0 aliphatic carbocycles. The fraction of sp³-hybridized carbons (Fsp3) is 0.381. The molecule has 3 aromatic rings. The van der Waals surface area contributed by atoms with Crippen LogP contribution in [0.25, 0.3) is 11.5 Å². The molecule has 0 saturated carbocycles. The first-order valence-electron chi connectivity index (χ1n) is 9.50. The molecule has 0 aliphatic rings. The molecule has 1 aromatic carbocycles. The Labute approximate surface area is 170 Å². The van der Waals surface area contributed by atoms with Gasteiger partial charge in [0, 0.05) is 36.2 Å². The van der Waals surface area contributed by atoms with Crippen LogP contribution in [-0.2, 0) is 17.8 Å². The van der Waals surface area contributed by atoms with Crippen LogP contribution >= 0.6 is 0 Å². The Morgan fingerprint density at radius 3 is 2.69 bits per heavy atom. The first-order chi connectivity index (χ1) is 13.9. The van der Waals surface area contributed by atoms with E-state index >= 15 is 0 Å². The largest absolute Gasteiger partial charge is 0.441 e. The summed E-state index contributed by atoms with van der Waals surface area (Å²) >= 11 is 0. The van der Waals surface area contributed by atoms with Gasteiger partial charge in [-0.2, -0.15) is 5.10 Å². The molecule has 0 aliphatic heterocycles. The van der Waals surface area contributed by atoms with Crippen LogP contribution in [0, 0.1) is 27.7 Å². The number of nitrogens with zero attached hydrogens (tertiary/aromatic N) is 3. The standard InChI is InChI=1S/C21H27N5O3/c1-13-16(4)29-20(23-13)17-7-6-8-18(11-17)24-21(27)22-12-19-14(2)25-26(15(19)3)9-10-28-5/h6-8,11H,9-10,12H2,1-5H3,(H2,22,24,27). The Balaban J connectivity index is 1.63. The van der Waals surface area contributed by atoms with Crippen molar-refractivity contribution in [3.05, 3.63) is 52.7 Å². The van der Waals surface area contributed by atoms with Gasteiger partial charge in [-0.3, -0.25) is 4.68 Å². The van der Waals surface area contributed by atoms with Crippen LogP contribution in [0.15, 0.2) is 28.7 Å². The minimum Gasteiger partial charge on any atom is -0.441 e. The van der Waals surface area contributed by atoms with E-state index in [1.54, 1.807) is 7.11 Å². The van der Waals surface area contributed by atoms with Gasteiger partial charge in [-0.25, -0.2) is 9.78 Å². The van der Waals surface area contributed by atoms with Gasteiger partial charge in [0.2, 0.25) is 5.89 Å². The van der Waals surface area contributed by atoms with E-state index in [-0.39, 0.29) is 6.03 Å². The van der Waals surface area contributed by atoms with E-state index in [0.717, 1.165) is 34.0 Å². The average molecular weight is 397 g/mol. The summed E-state index contributed by atoms with van der Waals surface area (Å²) in [6, 6.07) is 7.13. The number of benzene rings is 1. The van der Waals surface area contributed by atoms with Gasteiger partial charge in [0.15, 0.2) is 0 Å². The first kappa shape index (κ1) is 20.6. The maximum atomic E-state index is 12.4. The van der Waals surface area contributed by atoms with Gasteiger partial charge in [0.25, 0.3) is 0 Å². The second-order valence-electron chi connectivity index (χ2n) is 6.91. The molecular weight excluding hydrogens is 370 g/mol. The molecule has 3 rings (SSSR count). The Bertz CT molecular complexity index is 986. The minimum absolute atomic E-state index is 0.287. The number of rotatable bonds is 7. The van der Waals surface area contributed by atoms with E-state index in [9.17, 15) is 4.79 Å². The number of amides is 2. The van der Waals surface area contributed by atoms with Gasteiger partial charge < -0.3 is 19.8 Å². The highest BCUT2D eigenvalue weighted by Crippen LogP contribution is 2.24. The summed E-state index contributed by atoms with van der Waals surface area (Å²) in [6.45, 7) is 9.39. The monoisotopic (exact) mass is 397 g/mol. The third-order valence-corrected chi connectivity index (χ3v) is 4.86. The summed E-state index contributed by atoms with van der Waals surface area (Å²) in [5.41, 5.74) is 5.26. The molecule has 2 amide bonds. The zero-order valence-corrected chi connectivity index (χ0v) is 17.5. The topological polar surface area (TPSA) is 94.2 Å². The molecule has 8 heteroatoms. The maximum absolute atomic E-state index is 12.4. The number of hydrogen-bond acceptors (Lipinski definition) is 5. The first-order valence-corrected chi connectivity index (χ1v) is 9.50. The average Bonchev–Trinajstić information content (AvgIpc) is 3.17. The minimum atomic E-state index is -0.287. The number of carbonyl (C=O) groups is 1. The van der Waals surface area contributed by atoms with Gasteiger partial charge in [-0.15, -0.1) is 0 Å². The van der Waals surface area contributed by atoms with E-state index in [1.165, 1.54) is 0 Å². The van der Waals surface area contributed by atoms with Crippen molar-refractivity contribution >= 4 is 11.7 Å². The molecule has 8 nitrogen and oxygen atoms in total. The van der Waals surface area contributed by atoms with E-state index in [4.69, 9.17) is 9.15 Å². The van der Waals surface area contributed by atoms with Crippen molar-refractivity contribution in [2.24, 2.45) is 0 Å². The number of methoxy groups -OCH3 is 1. The highest BCUT2D eigenvalue weighted by atomic mass is 16.5. The Morgan fingerprint density at radius 1 is 1.21 bits per heavy atom. The van der Waals surface area contributed by atoms with E-state index < -0.39 is 0 Å². The molecular formula is C21H27N5O3. The second-order valence-corrected chi connectivity index (χ2v) is 6.91. The van der Waals surface area contributed by atoms with Gasteiger partial charge in [-0.1, -0.05) is 6.07 Å². The third-order valence-electron chi connectivity index (χ3n) is 4.86. The van der Waals surface area contributed by atoms with Gasteiger partial charge in [0.1, 0.15) is 5.76 Å². The van der Waals surface area contributed by atoms with Crippen LogP contribution in [0.5, 0.6) is 0 Å². The lowest BCUT2D eigenvalue weighted by molar-refractivity contribution is 0.182. The highest BCUT2D eigenvalue weighted by molar-refractivity contribution is 5.89. The van der Waals surface area contributed by atoms with Gasteiger partial charge in [0.05, 0.1) is 24.5 Å².